The van der Waals surface area contributed by atoms with Crippen LogP contribution in [0.5, 0.6) is 0 Å². The fourth-order valence-electron chi connectivity index (χ4n) is 3.72. The van der Waals surface area contributed by atoms with Crippen molar-refractivity contribution in [3.63, 3.8) is 0 Å². The average molecular weight is 491 g/mol. The molecule has 0 bridgehead atoms. The van der Waals surface area contributed by atoms with Crippen LogP contribution in [-0.2, 0) is 12.3 Å². The Balaban J connectivity index is 1.40. The molecule has 0 aliphatic carbocycles. The fourth-order valence-corrected chi connectivity index (χ4v) is 4.51. The van der Waals surface area contributed by atoms with Crippen molar-refractivity contribution in [1.29, 1.82) is 0 Å². The lowest BCUT2D eigenvalue weighted by Crippen LogP contribution is -2.08. The van der Waals surface area contributed by atoms with Crippen LogP contribution in [0.2, 0.25) is 0 Å². The standard InChI is InChI=1S/C25H23FN6O2S/c1-15(2)13-32-23(18-11-7-8-12-19(18)26)28-30-25(32)35-14-20-27-29-24(33-20)21-16(3)34-31-22(21)17-9-5-4-6-10-17/h4-12,15H,13-14H2,1-3H3. The van der Waals surface area contributed by atoms with Gasteiger partial charge in [0.05, 0.1) is 11.3 Å². The molecule has 3 aromatic heterocycles. The van der Waals surface area contributed by atoms with Crippen LogP contribution in [0.1, 0.15) is 25.5 Å². The number of thioether (sulfide) groups is 1. The van der Waals surface area contributed by atoms with Crippen molar-refractivity contribution < 1.29 is 13.3 Å². The maximum atomic E-state index is 14.4. The van der Waals surface area contributed by atoms with E-state index in [4.69, 9.17) is 8.94 Å². The summed E-state index contributed by atoms with van der Waals surface area (Å²) in [5.74, 6) is 2.23. The molecule has 2 aromatic carbocycles. The topological polar surface area (TPSA) is 95.7 Å². The van der Waals surface area contributed by atoms with Crippen molar-refractivity contribution in [2.45, 2.75) is 38.2 Å². The Labute approximate surface area is 205 Å². The molecular weight excluding hydrogens is 467 g/mol. The van der Waals surface area contributed by atoms with Gasteiger partial charge in [-0.1, -0.05) is 73.2 Å². The van der Waals surface area contributed by atoms with Gasteiger partial charge >= 0.3 is 0 Å². The third-order valence-electron chi connectivity index (χ3n) is 5.29. The van der Waals surface area contributed by atoms with Crippen LogP contribution in [0.4, 0.5) is 4.39 Å². The Morgan fingerprint density at radius 3 is 2.51 bits per heavy atom. The van der Waals surface area contributed by atoms with E-state index in [1.807, 2.05) is 41.8 Å². The first kappa shape index (κ1) is 23.0. The number of hydrogen-bond donors (Lipinski definition) is 0. The van der Waals surface area contributed by atoms with Gasteiger partial charge in [-0.3, -0.25) is 0 Å². The minimum Gasteiger partial charge on any atom is -0.420 e. The predicted molar refractivity (Wildman–Crippen MR) is 130 cm³/mol. The maximum absolute atomic E-state index is 14.4. The number of benzene rings is 2. The van der Waals surface area contributed by atoms with Crippen LogP contribution in [-0.4, -0.2) is 30.1 Å². The third kappa shape index (κ3) is 4.74. The Morgan fingerprint density at radius 1 is 0.971 bits per heavy atom. The Morgan fingerprint density at radius 2 is 1.74 bits per heavy atom. The molecule has 0 radical (unpaired) electrons. The highest BCUT2D eigenvalue weighted by Crippen LogP contribution is 2.34. The maximum Gasteiger partial charge on any atom is 0.253 e. The molecule has 8 nitrogen and oxygen atoms in total. The van der Waals surface area contributed by atoms with Gasteiger partial charge in [0.1, 0.15) is 22.8 Å². The van der Waals surface area contributed by atoms with Crippen molar-refractivity contribution in [3.05, 3.63) is 72.1 Å². The van der Waals surface area contributed by atoms with Gasteiger partial charge in [0.25, 0.3) is 5.89 Å². The van der Waals surface area contributed by atoms with Crippen LogP contribution < -0.4 is 0 Å². The van der Waals surface area contributed by atoms with Crippen LogP contribution >= 0.6 is 11.8 Å². The number of aromatic nitrogens is 6. The summed E-state index contributed by atoms with van der Waals surface area (Å²) in [6, 6.07) is 16.3. The summed E-state index contributed by atoms with van der Waals surface area (Å²) in [6.07, 6.45) is 0. The zero-order chi connectivity index (χ0) is 24.4. The minimum atomic E-state index is -0.332. The Bertz CT molecular complexity index is 1440. The first-order valence-corrected chi connectivity index (χ1v) is 12.1. The average Bonchev–Trinajstić information content (AvgIpc) is 3.57. The highest BCUT2D eigenvalue weighted by Gasteiger charge is 2.23. The van der Waals surface area contributed by atoms with Crippen LogP contribution in [0, 0.1) is 18.7 Å². The molecule has 0 aliphatic heterocycles. The van der Waals surface area contributed by atoms with Crippen molar-refractivity contribution in [3.8, 4) is 34.1 Å². The highest BCUT2D eigenvalue weighted by atomic mass is 32.2. The molecule has 178 valence electrons. The highest BCUT2D eigenvalue weighted by molar-refractivity contribution is 7.98. The first-order valence-electron chi connectivity index (χ1n) is 11.2. The van der Waals surface area contributed by atoms with Crippen molar-refractivity contribution in [2.75, 3.05) is 0 Å². The second-order valence-electron chi connectivity index (χ2n) is 8.41. The van der Waals surface area contributed by atoms with Gasteiger partial charge in [-0.05, 0) is 25.0 Å². The van der Waals surface area contributed by atoms with Crippen molar-refractivity contribution in [1.82, 2.24) is 30.1 Å². The SMILES string of the molecule is Cc1onc(-c2ccccc2)c1-c1nnc(CSc2nnc(-c3ccccc3F)n2CC(C)C)o1. The van der Waals surface area contributed by atoms with E-state index in [2.05, 4.69) is 39.4 Å². The summed E-state index contributed by atoms with van der Waals surface area (Å²) in [5, 5.41) is 21.9. The zero-order valence-corrected chi connectivity index (χ0v) is 20.3. The summed E-state index contributed by atoms with van der Waals surface area (Å²) in [7, 11) is 0. The molecule has 5 rings (SSSR count). The molecule has 0 saturated heterocycles. The van der Waals surface area contributed by atoms with E-state index in [1.165, 1.54) is 17.8 Å². The Hall–Kier alpha value is -3.79. The molecule has 0 spiro atoms. The van der Waals surface area contributed by atoms with Crippen LogP contribution in [0.3, 0.4) is 0 Å². The number of nitrogens with zero attached hydrogens (tertiary/aromatic N) is 6. The summed E-state index contributed by atoms with van der Waals surface area (Å²) in [6.45, 7) is 6.64. The van der Waals surface area contributed by atoms with E-state index in [0.717, 1.165) is 5.56 Å². The van der Waals surface area contributed by atoms with E-state index in [1.54, 1.807) is 18.2 Å². The smallest absolute Gasteiger partial charge is 0.253 e. The molecule has 0 fully saturated rings. The van der Waals surface area contributed by atoms with E-state index < -0.39 is 0 Å². The number of rotatable bonds is 8. The summed E-state index contributed by atoms with van der Waals surface area (Å²) in [5.41, 5.74) is 2.64. The fraction of sp³-hybridized carbons (Fsp3) is 0.240. The molecular formula is C25H23FN6O2S. The van der Waals surface area contributed by atoms with Crippen molar-refractivity contribution in [2.24, 2.45) is 5.92 Å². The zero-order valence-electron chi connectivity index (χ0n) is 19.5. The molecule has 10 heteroatoms. The minimum absolute atomic E-state index is 0.318. The molecule has 0 atom stereocenters. The largest absolute Gasteiger partial charge is 0.420 e. The first-order chi connectivity index (χ1) is 17.0. The normalized spacial score (nSPS) is 11.5. The summed E-state index contributed by atoms with van der Waals surface area (Å²) >= 11 is 1.41. The molecule has 0 unspecified atom stereocenters. The molecule has 5 aromatic rings. The molecule has 3 heterocycles. The van der Waals surface area contributed by atoms with Gasteiger partial charge in [-0.15, -0.1) is 20.4 Å². The van der Waals surface area contributed by atoms with Crippen LogP contribution in [0.15, 0.2) is 68.7 Å². The van der Waals surface area contributed by atoms with Gasteiger partial charge in [-0.25, -0.2) is 4.39 Å². The van der Waals surface area contributed by atoms with E-state index >= 15 is 0 Å². The monoisotopic (exact) mass is 490 g/mol. The third-order valence-corrected chi connectivity index (χ3v) is 6.25. The van der Waals surface area contributed by atoms with Gasteiger partial charge < -0.3 is 13.5 Å². The lowest BCUT2D eigenvalue weighted by atomic mass is 10.1. The van der Waals surface area contributed by atoms with E-state index in [9.17, 15) is 4.39 Å². The summed E-state index contributed by atoms with van der Waals surface area (Å²) < 4.78 is 27.8. The summed E-state index contributed by atoms with van der Waals surface area (Å²) in [4.78, 5) is 0. The quantitative estimate of drug-likeness (QED) is 0.243. The lowest BCUT2D eigenvalue weighted by molar-refractivity contribution is 0.399. The number of aryl methyl sites for hydroxylation is 1. The lowest BCUT2D eigenvalue weighted by Gasteiger charge is -2.12. The van der Waals surface area contributed by atoms with E-state index in [0.29, 0.717) is 63.6 Å². The molecule has 0 N–H and O–H groups in total. The van der Waals surface area contributed by atoms with Gasteiger partial charge in [-0.2, -0.15) is 0 Å². The van der Waals surface area contributed by atoms with Gasteiger partial charge in [0.2, 0.25) is 5.89 Å². The number of halogens is 1. The van der Waals surface area contributed by atoms with Gasteiger partial charge in [0, 0.05) is 12.1 Å². The molecule has 35 heavy (non-hydrogen) atoms. The number of hydrogen-bond acceptors (Lipinski definition) is 8. The van der Waals surface area contributed by atoms with E-state index in [-0.39, 0.29) is 5.82 Å². The predicted octanol–water partition coefficient (Wildman–Crippen LogP) is 6.05. The second-order valence-corrected chi connectivity index (χ2v) is 9.35. The van der Waals surface area contributed by atoms with Crippen LogP contribution in [0.25, 0.3) is 34.1 Å². The molecule has 0 amide bonds. The molecule has 0 aliphatic rings. The van der Waals surface area contributed by atoms with Crippen molar-refractivity contribution >= 4 is 11.8 Å². The van der Waals surface area contributed by atoms with Gasteiger partial charge in [0.15, 0.2) is 11.0 Å². The molecule has 0 saturated carbocycles. The Kier molecular flexibility index (Phi) is 6.45. The second kappa shape index (κ2) is 9.83.